The van der Waals surface area contributed by atoms with Crippen LogP contribution in [-0.4, -0.2) is 19.4 Å². The van der Waals surface area contributed by atoms with Crippen molar-refractivity contribution in [2.45, 2.75) is 13.3 Å². The molecule has 1 aromatic carbocycles. The van der Waals surface area contributed by atoms with Crippen LogP contribution < -0.4 is 4.72 Å². The molecule has 0 aliphatic heterocycles. The third-order valence-electron chi connectivity index (χ3n) is 1.87. The second-order valence-electron chi connectivity index (χ2n) is 3.42. The van der Waals surface area contributed by atoms with E-state index in [4.69, 9.17) is 23.2 Å². The highest BCUT2D eigenvalue weighted by Gasteiger charge is 2.11. The molecule has 7 heteroatoms. The fourth-order valence-electron chi connectivity index (χ4n) is 1.26. The van der Waals surface area contributed by atoms with Gasteiger partial charge in [0.05, 0.1) is 11.4 Å². The SMILES string of the molecule is CCCS(=O)(=O)Nc1cc(Cl)cc(C(=O)Cl)c1. The Morgan fingerprint density at radius 2 is 2.00 bits per heavy atom. The highest BCUT2D eigenvalue weighted by atomic mass is 35.5. The molecule has 0 aliphatic carbocycles. The summed E-state index contributed by atoms with van der Waals surface area (Å²) in [7, 11) is -3.41. The molecule has 94 valence electrons. The largest absolute Gasteiger partial charge is 0.283 e. The van der Waals surface area contributed by atoms with Gasteiger partial charge in [0.1, 0.15) is 0 Å². The van der Waals surface area contributed by atoms with Gasteiger partial charge in [-0.2, -0.15) is 0 Å². The molecular formula is C10H11Cl2NO3S. The predicted octanol–water partition coefficient (Wildman–Crippen LogP) is 2.87. The summed E-state index contributed by atoms with van der Waals surface area (Å²) >= 11 is 11.1. The third kappa shape index (κ3) is 4.53. The van der Waals surface area contributed by atoms with E-state index in [1.165, 1.54) is 18.2 Å². The number of rotatable bonds is 5. The van der Waals surface area contributed by atoms with E-state index in [1.807, 2.05) is 0 Å². The first-order valence-electron chi connectivity index (χ1n) is 4.85. The van der Waals surface area contributed by atoms with Crippen LogP contribution in [0.1, 0.15) is 23.7 Å². The first-order valence-corrected chi connectivity index (χ1v) is 7.26. The molecule has 0 spiro atoms. The first kappa shape index (κ1) is 14.3. The Balaban J connectivity index is 3.03. The van der Waals surface area contributed by atoms with Crippen LogP contribution in [0.25, 0.3) is 0 Å². The van der Waals surface area contributed by atoms with Crippen LogP contribution in [0.15, 0.2) is 18.2 Å². The Morgan fingerprint density at radius 3 is 2.53 bits per heavy atom. The second kappa shape index (κ2) is 5.71. The number of halogens is 2. The summed E-state index contributed by atoms with van der Waals surface area (Å²) in [5.41, 5.74) is 0.378. The minimum absolute atomic E-state index is 0.00364. The third-order valence-corrected chi connectivity index (χ3v) is 3.80. The van der Waals surface area contributed by atoms with Crippen LogP contribution in [0.5, 0.6) is 0 Å². The highest BCUT2D eigenvalue weighted by Crippen LogP contribution is 2.21. The molecule has 0 aliphatic rings. The predicted molar refractivity (Wildman–Crippen MR) is 69.3 cm³/mol. The van der Waals surface area contributed by atoms with Gasteiger partial charge in [-0.1, -0.05) is 18.5 Å². The Hall–Kier alpha value is -0.780. The van der Waals surface area contributed by atoms with E-state index in [1.54, 1.807) is 6.92 Å². The summed E-state index contributed by atoms with van der Waals surface area (Å²) in [5, 5.41) is -0.450. The number of carbonyl (C=O) groups is 1. The van der Waals surface area contributed by atoms with Crippen molar-refractivity contribution in [1.29, 1.82) is 0 Å². The van der Waals surface area contributed by atoms with Crippen molar-refractivity contribution in [1.82, 2.24) is 0 Å². The average Bonchev–Trinajstić information content (AvgIpc) is 2.15. The molecule has 0 radical (unpaired) electrons. The number of carbonyl (C=O) groups excluding carboxylic acids is 1. The second-order valence-corrected chi connectivity index (χ2v) is 6.04. The van der Waals surface area contributed by atoms with Crippen molar-refractivity contribution in [3.8, 4) is 0 Å². The number of benzene rings is 1. The monoisotopic (exact) mass is 295 g/mol. The molecule has 0 aromatic heterocycles. The van der Waals surface area contributed by atoms with Crippen LogP contribution >= 0.6 is 23.2 Å². The Morgan fingerprint density at radius 1 is 1.35 bits per heavy atom. The first-order chi connectivity index (χ1) is 7.84. The zero-order valence-electron chi connectivity index (χ0n) is 9.04. The van der Waals surface area contributed by atoms with E-state index in [9.17, 15) is 13.2 Å². The van der Waals surface area contributed by atoms with Crippen LogP contribution in [-0.2, 0) is 10.0 Å². The Kier molecular flexibility index (Phi) is 4.80. The number of anilines is 1. The number of hydrogen-bond donors (Lipinski definition) is 1. The molecule has 17 heavy (non-hydrogen) atoms. The van der Waals surface area contributed by atoms with E-state index in [2.05, 4.69) is 4.72 Å². The molecule has 0 heterocycles. The average molecular weight is 296 g/mol. The maximum Gasteiger partial charge on any atom is 0.252 e. The van der Waals surface area contributed by atoms with Crippen LogP contribution in [0.3, 0.4) is 0 Å². The van der Waals surface area contributed by atoms with Crippen LogP contribution in [0, 0.1) is 0 Å². The smallest absolute Gasteiger partial charge is 0.252 e. The van der Waals surface area contributed by atoms with E-state index in [-0.39, 0.29) is 22.0 Å². The molecular weight excluding hydrogens is 285 g/mol. The molecule has 0 fully saturated rings. The fraction of sp³-hybridized carbons (Fsp3) is 0.300. The molecule has 0 saturated carbocycles. The normalized spacial score (nSPS) is 11.2. The summed E-state index contributed by atoms with van der Waals surface area (Å²) in [6.45, 7) is 1.75. The number of sulfonamides is 1. The zero-order valence-corrected chi connectivity index (χ0v) is 11.4. The minimum atomic E-state index is -3.41. The van der Waals surface area contributed by atoms with Crippen LogP contribution in [0.2, 0.25) is 5.02 Å². The molecule has 1 rings (SSSR count). The molecule has 0 unspecified atom stereocenters. The summed E-state index contributed by atoms with van der Waals surface area (Å²) in [6.07, 6.45) is 0.497. The van der Waals surface area contributed by atoms with Crippen molar-refractivity contribution >= 4 is 44.2 Å². The van der Waals surface area contributed by atoms with Gasteiger partial charge >= 0.3 is 0 Å². The van der Waals surface area contributed by atoms with Gasteiger partial charge in [0.25, 0.3) is 5.24 Å². The maximum atomic E-state index is 11.5. The maximum absolute atomic E-state index is 11.5. The molecule has 0 saturated heterocycles. The summed E-state index contributed by atoms with van der Waals surface area (Å²) in [6, 6.07) is 4.13. The summed E-state index contributed by atoms with van der Waals surface area (Å²) in [5.74, 6) is 0.00364. The van der Waals surface area contributed by atoms with Crippen molar-refractivity contribution < 1.29 is 13.2 Å². The van der Waals surface area contributed by atoms with Crippen LogP contribution in [0.4, 0.5) is 5.69 Å². The molecule has 4 nitrogen and oxygen atoms in total. The molecule has 1 N–H and O–H groups in total. The number of hydrogen-bond acceptors (Lipinski definition) is 3. The molecule has 0 atom stereocenters. The lowest BCUT2D eigenvalue weighted by molar-refractivity contribution is 0.108. The van der Waals surface area contributed by atoms with Crippen molar-refractivity contribution in [3.63, 3.8) is 0 Å². The zero-order chi connectivity index (χ0) is 13.1. The van der Waals surface area contributed by atoms with Crippen molar-refractivity contribution in [2.24, 2.45) is 0 Å². The minimum Gasteiger partial charge on any atom is -0.283 e. The highest BCUT2D eigenvalue weighted by molar-refractivity contribution is 7.92. The van der Waals surface area contributed by atoms with Crippen molar-refractivity contribution in [3.05, 3.63) is 28.8 Å². The lowest BCUT2D eigenvalue weighted by atomic mass is 10.2. The van der Waals surface area contributed by atoms with Gasteiger partial charge in [0.15, 0.2) is 0 Å². The van der Waals surface area contributed by atoms with E-state index >= 15 is 0 Å². The van der Waals surface area contributed by atoms with E-state index in [0.29, 0.717) is 6.42 Å². The van der Waals surface area contributed by atoms with Gasteiger partial charge in [-0.15, -0.1) is 0 Å². The quantitative estimate of drug-likeness (QED) is 0.850. The molecule has 1 aromatic rings. The standard InChI is InChI=1S/C10H11Cl2NO3S/c1-2-3-17(15,16)13-9-5-7(10(12)14)4-8(11)6-9/h4-6,13H,2-3H2,1H3. The van der Waals surface area contributed by atoms with Gasteiger partial charge in [0, 0.05) is 10.6 Å². The van der Waals surface area contributed by atoms with E-state index in [0.717, 1.165) is 0 Å². The topological polar surface area (TPSA) is 63.2 Å². The Labute approximate surface area is 110 Å². The summed E-state index contributed by atoms with van der Waals surface area (Å²) in [4.78, 5) is 11.0. The van der Waals surface area contributed by atoms with Gasteiger partial charge in [-0.3, -0.25) is 9.52 Å². The lowest BCUT2D eigenvalue weighted by Gasteiger charge is -2.08. The Bertz CT molecular complexity index is 528. The molecule has 0 bridgehead atoms. The van der Waals surface area contributed by atoms with Crippen molar-refractivity contribution in [2.75, 3.05) is 10.5 Å². The fourth-order valence-corrected chi connectivity index (χ4v) is 2.72. The van der Waals surface area contributed by atoms with E-state index < -0.39 is 15.3 Å². The molecule has 0 amide bonds. The van der Waals surface area contributed by atoms with Gasteiger partial charge in [-0.25, -0.2) is 8.42 Å². The number of nitrogens with one attached hydrogen (secondary N) is 1. The van der Waals surface area contributed by atoms with Gasteiger partial charge in [-0.05, 0) is 36.2 Å². The lowest BCUT2D eigenvalue weighted by Crippen LogP contribution is -2.16. The summed E-state index contributed by atoms with van der Waals surface area (Å²) < 4.78 is 25.4. The van der Waals surface area contributed by atoms with Gasteiger partial charge in [0.2, 0.25) is 10.0 Å². The van der Waals surface area contributed by atoms with Gasteiger partial charge < -0.3 is 0 Å².